The average molecular weight is 205 g/mol. The first-order valence-corrected chi connectivity index (χ1v) is 4.77. The van der Waals surface area contributed by atoms with E-state index in [1.165, 1.54) is 18.4 Å². The van der Waals surface area contributed by atoms with Crippen molar-refractivity contribution in [2.45, 2.75) is 0 Å². The van der Waals surface area contributed by atoms with E-state index in [0.29, 0.717) is 10.6 Å². The standard InChI is InChI=1S/C10H7NO2S/c1-13-9-4-10-6(3-8(9)12)2-7(5-11)14-10/h2-4,12H,1H3. The van der Waals surface area contributed by atoms with Crippen molar-refractivity contribution in [3.05, 3.63) is 23.1 Å². The molecule has 2 aromatic rings. The summed E-state index contributed by atoms with van der Waals surface area (Å²) < 4.78 is 5.91. The largest absolute Gasteiger partial charge is 0.504 e. The second kappa shape index (κ2) is 3.20. The number of thiophene rings is 1. The van der Waals surface area contributed by atoms with E-state index in [-0.39, 0.29) is 5.75 Å². The molecular weight excluding hydrogens is 198 g/mol. The van der Waals surface area contributed by atoms with Gasteiger partial charge < -0.3 is 9.84 Å². The van der Waals surface area contributed by atoms with Crippen LogP contribution in [0.3, 0.4) is 0 Å². The zero-order valence-corrected chi connectivity index (χ0v) is 8.26. The van der Waals surface area contributed by atoms with Gasteiger partial charge in [0.25, 0.3) is 0 Å². The molecule has 0 radical (unpaired) electrons. The molecule has 1 N–H and O–H groups in total. The van der Waals surface area contributed by atoms with Crippen LogP contribution in [0.15, 0.2) is 18.2 Å². The number of ether oxygens (including phenoxy) is 1. The second-order valence-corrected chi connectivity index (χ2v) is 3.87. The monoisotopic (exact) mass is 205 g/mol. The number of nitriles is 1. The molecule has 4 heteroatoms. The molecule has 1 aromatic heterocycles. The molecule has 0 spiro atoms. The van der Waals surface area contributed by atoms with Crippen molar-refractivity contribution in [1.82, 2.24) is 0 Å². The molecule has 3 nitrogen and oxygen atoms in total. The number of rotatable bonds is 1. The highest BCUT2D eigenvalue weighted by molar-refractivity contribution is 7.19. The van der Waals surface area contributed by atoms with Gasteiger partial charge in [-0.15, -0.1) is 11.3 Å². The van der Waals surface area contributed by atoms with Crippen molar-refractivity contribution >= 4 is 21.4 Å². The summed E-state index contributed by atoms with van der Waals surface area (Å²) in [6.45, 7) is 0. The van der Waals surface area contributed by atoms with E-state index in [1.54, 1.807) is 18.2 Å². The highest BCUT2D eigenvalue weighted by atomic mass is 32.1. The quantitative estimate of drug-likeness (QED) is 0.778. The van der Waals surface area contributed by atoms with Crippen molar-refractivity contribution in [2.24, 2.45) is 0 Å². The van der Waals surface area contributed by atoms with Crippen LogP contribution >= 0.6 is 11.3 Å². The first kappa shape index (κ1) is 8.85. The Balaban J connectivity index is 2.71. The van der Waals surface area contributed by atoms with Gasteiger partial charge in [0.15, 0.2) is 11.5 Å². The van der Waals surface area contributed by atoms with Crippen LogP contribution in [0.5, 0.6) is 11.5 Å². The predicted molar refractivity (Wildman–Crippen MR) is 54.8 cm³/mol. The van der Waals surface area contributed by atoms with Gasteiger partial charge in [0.2, 0.25) is 0 Å². The fraction of sp³-hybridized carbons (Fsp3) is 0.100. The van der Waals surface area contributed by atoms with Crippen molar-refractivity contribution < 1.29 is 9.84 Å². The number of phenols is 1. The van der Waals surface area contributed by atoms with E-state index >= 15 is 0 Å². The number of hydrogen-bond acceptors (Lipinski definition) is 4. The lowest BCUT2D eigenvalue weighted by Crippen LogP contribution is -1.81. The second-order valence-electron chi connectivity index (χ2n) is 2.78. The molecule has 0 amide bonds. The SMILES string of the molecule is COc1cc2sc(C#N)cc2cc1O. The van der Waals surface area contributed by atoms with Crippen LogP contribution in [0, 0.1) is 11.3 Å². The van der Waals surface area contributed by atoms with Gasteiger partial charge in [0.1, 0.15) is 10.9 Å². The number of hydrogen-bond donors (Lipinski definition) is 1. The Labute approximate surface area is 84.8 Å². The lowest BCUT2D eigenvalue weighted by atomic mass is 10.2. The van der Waals surface area contributed by atoms with E-state index < -0.39 is 0 Å². The molecule has 0 saturated carbocycles. The zero-order chi connectivity index (χ0) is 10.1. The van der Waals surface area contributed by atoms with Gasteiger partial charge in [-0.05, 0) is 17.5 Å². The number of fused-ring (bicyclic) bond motifs is 1. The number of phenolic OH excluding ortho intramolecular Hbond substituents is 1. The predicted octanol–water partition coefficient (Wildman–Crippen LogP) is 2.49. The molecule has 0 unspecified atom stereocenters. The van der Waals surface area contributed by atoms with Gasteiger partial charge in [-0.3, -0.25) is 0 Å². The molecule has 70 valence electrons. The fourth-order valence-electron chi connectivity index (χ4n) is 1.27. The Hall–Kier alpha value is -1.73. The van der Waals surface area contributed by atoms with Crippen molar-refractivity contribution in [3.8, 4) is 17.6 Å². The normalized spacial score (nSPS) is 10.0. The van der Waals surface area contributed by atoms with E-state index in [9.17, 15) is 5.11 Å². The smallest absolute Gasteiger partial charge is 0.161 e. The van der Waals surface area contributed by atoms with Crippen LogP contribution in [0.4, 0.5) is 0 Å². The van der Waals surface area contributed by atoms with E-state index in [0.717, 1.165) is 10.1 Å². The number of methoxy groups -OCH3 is 1. The maximum absolute atomic E-state index is 9.49. The lowest BCUT2D eigenvalue weighted by molar-refractivity contribution is 0.374. The molecule has 0 aliphatic heterocycles. The van der Waals surface area contributed by atoms with Crippen LogP contribution in [0.2, 0.25) is 0 Å². The Morgan fingerprint density at radius 1 is 1.43 bits per heavy atom. The minimum absolute atomic E-state index is 0.0993. The molecule has 1 heterocycles. The summed E-state index contributed by atoms with van der Waals surface area (Å²) in [5.41, 5.74) is 0. The van der Waals surface area contributed by atoms with Gasteiger partial charge in [-0.25, -0.2) is 0 Å². The molecule has 14 heavy (non-hydrogen) atoms. The Morgan fingerprint density at radius 3 is 2.86 bits per heavy atom. The van der Waals surface area contributed by atoms with Crippen LogP contribution < -0.4 is 4.74 Å². The summed E-state index contributed by atoms with van der Waals surface area (Å²) >= 11 is 1.38. The van der Waals surface area contributed by atoms with E-state index in [4.69, 9.17) is 10.00 Å². The Bertz CT molecular complexity index is 525. The van der Waals surface area contributed by atoms with Crippen molar-refractivity contribution in [1.29, 1.82) is 5.26 Å². The summed E-state index contributed by atoms with van der Waals surface area (Å²) in [7, 11) is 1.50. The first-order chi connectivity index (χ1) is 6.74. The summed E-state index contributed by atoms with van der Waals surface area (Å²) in [5.74, 6) is 0.533. The number of aromatic hydroxyl groups is 1. The maximum Gasteiger partial charge on any atom is 0.161 e. The Morgan fingerprint density at radius 2 is 2.21 bits per heavy atom. The molecular formula is C10H7NO2S. The molecule has 0 saturated heterocycles. The molecule has 0 aliphatic rings. The minimum atomic E-state index is 0.0993. The van der Waals surface area contributed by atoms with Gasteiger partial charge in [-0.1, -0.05) is 0 Å². The third kappa shape index (κ3) is 1.28. The van der Waals surface area contributed by atoms with Crippen molar-refractivity contribution in [2.75, 3.05) is 7.11 Å². The fourth-order valence-corrected chi connectivity index (χ4v) is 2.14. The van der Waals surface area contributed by atoms with Crippen LogP contribution in [-0.4, -0.2) is 12.2 Å². The molecule has 0 aliphatic carbocycles. The molecule has 0 fully saturated rings. The molecule has 2 rings (SSSR count). The summed E-state index contributed by atoms with van der Waals surface area (Å²) in [6.07, 6.45) is 0. The number of benzene rings is 1. The van der Waals surface area contributed by atoms with Gasteiger partial charge in [0.05, 0.1) is 7.11 Å². The van der Waals surface area contributed by atoms with Crippen LogP contribution in [0.25, 0.3) is 10.1 Å². The minimum Gasteiger partial charge on any atom is -0.504 e. The first-order valence-electron chi connectivity index (χ1n) is 3.95. The van der Waals surface area contributed by atoms with Crippen LogP contribution in [-0.2, 0) is 0 Å². The summed E-state index contributed by atoms with van der Waals surface area (Å²) in [6, 6.07) is 7.15. The summed E-state index contributed by atoms with van der Waals surface area (Å²) in [5, 5.41) is 19.1. The molecule has 0 bridgehead atoms. The zero-order valence-electron chi connectivity index (χ0n) is 7.44. The molecule has 1 aromatic carbocycles. The third-order valence-electron chi connectivity index (χ3n) is 1.93. The van der Waals surface area contributed by atoms with Gasteiger partial charge in [0, 0.05) is 10.8 Å². The van der Waals surface area contributed by atoms with E-state index in [1.807, 2.05) is 0 Å². The lowest BCUT2D eigenvalue weighted by Gasteiger charge is -2.01. The van der Waals surface area contributed by atoms with Gasteiger partial charge in [-0.2, -0.15) is 5.26 Å². The topological polar surface area (TPSA) is 53.2 Å². The Kier molecular flexibility index (Phi) is 2.02. The van der Waals surface area contributed by atoms with Gasteiger partial charge >= 0.3 is 0 Å². The average Bonchev–Trinajstić information content (AvgIpc) is 2.58. The molecule has 0 atom stereocenters. The highest BCUT2D eigenvalue weighted by Gasteiger charge is 2.07. The van der Waals surface area contributed by atoms with E-state index in [2.05, 4.69) is 6.07 Å². The highest BCUT2D eigenvalue weighted by Crippen LogP contribution is 2.35. The van der Waals surface area contributed by atoms with Crippen LogP contribution in [0.1, 0.15) is 4.88 Å². The summed E-state index contributed by atoms with van der Waals surface area (Å²) in [4.78, 5) is 0.632. The maximum atomic E-state index is 9.49. The van der Waals surface area contributed by atoms with Crippen molar-refractivity contribution in [3.63, 3.8) is 0 Å². The third-order valence-corrected chi connectivity index (χ3v) is 2.93. The number of nitrogens with zero attached hydrogens (tertiary/aromatic N) is 1.